The molecule has 0 aliphatic rings. The molecular weight excluding hydrogens is 921 g/mol. The highest BCUT2D eigenvalue weighted by molar-refractivity contribution is 5.97. The van der Waals surface area contributed by atoms with Gasteiger partial charge in [-0.1, -0.05) is 36.4 Å². The number of nitrogens with two attached hydrogens (primary N) is 8. The molecule has 26 heteroatoms. The Morgan fingerprint density at radius 3 is 1.30 bits per heavy atom. The van der Waals surface area contributed by atoms with E-state index in [-0.39, 0.29) is 88.9 Å². The van der Waals surface area contributed by atoms with Gasteiger partial charge in [0.15, 0.2) is 17.9 Å². The molecule has 0 spiro atoms. The maximum atomic E-state index is 14.6. The summed E-state index contributed by atoms with van der Waals surface area (Å²) < 4.78 is 0. The van der Waals surface area contributed by atoms with Gasteiger partial charge in [0.1, 0.15) is 30.2 Å². The molecule has 0 bridgehead atoms. The van der Waals surface area contributed by atoms with Crippen molar-refractivity contribution in [2.24, 2.45) is 60.8 Å². The Bertz CT molecular complexity index is 2560. The number of carbonyl (C=O) groups is 7. The number of primary amides is 1. The predicted octanol–water partition coefficient (Wildman–Crippen LogP) is -3.30. The molecule has 6 atom stereocenters. The summed E-state index contributed by atoms with van der Waals surface area (Å²) >= 11 is 0. The molecule has 26 nitrogen and oxygen atoms in total. The SMILES string of the molecule is NC(=O)CC[C@H](NC(=O)[C@H](Cc1c[nH]c2ccccc12)NC(=O)[C@H](CCCN=C(N)N)NC(=O)[C@@H](N)CCCN=C(N)N)C(=O)N[C@@H](Cc1c[nH]c2ccccc12)C(=O)N[C@@H](CCCN=C(N)N)C(=O)O. The molecule has 0 aliphatic carbocycles. The molecule has 0 saturated heterocycles. The van der Waals surface area contributed by atoms with Crippen molar-refractivity contribution in [1.29, 1.82) is 0 Å². The van der Waals surface area contributed by atoms with Crippen LogP contribution in [0.3, 0.4) is 0 Å². The average Bonchev–Trinajstić information content (AvgIpc) is 3.93. The Kier molecular flexibility index (Phi) is 21.4. The van der Waals surface area contributed by atoms with Gasteiger partial charge in [-0.05, 0) is 68.2 Å². The third-order valence-corrected chi connectivity index (χ3v) is 11.2. The summed E-state index contributed by atoms with van der Waals surface area (Å²) in [7, 11) is 0. The topological polar surface area (TPSA) is 477 Å². The molecule has 71 heavy (non-hydrogen) atoms. The number of aliphatic imine (C=N–C) groups is 3. The molecule has 2 heterocycles. The summed E-state index contributed by atoms with van der Waals surface area (Å²) in [5, 5.41) is 24.7. The van der Waals surface area contributed by atoms with Crippen LogP contribution in [0.2, 0.25) is 0 Å². The first-order valence-electron chi connectivity index (χ1n) is 22.9. The van der Waals surface area contributed by atoms with Crippen LogP contribution in [-0.4, -0.2) is 130 Å². The van der Waals surface area contributed by atoms with E-state index in [4.69, 9.17) is 45.9 Å². The number of nitrogens with zero attached hydrogens (tertiary/aromatic N) is 3. The van der Waals surface area contributed by atoms with E-state index in [9.17, 15) is 38.7 Å². The van der Waals surface area contributed by atoms with Crippen molar-refractivity contribution in [3.05, 3.63) is 72.1 Å². The number of hydrogen-bond acceptors (Lipinski definition) is 11. The summed E-state index contributed by atoms with van der Waals surface area (Å²) in [6.45, 7) is 0.394. The highest BCUT2D eigenvalue weighted by Gasteiger charge is 2.34. The number of aliphatic carboxylic acids is 1. The van der Waals surface area contributed by atoms with Gasteiger partial charge in [0.25, 0.3) is 0 Å². The van der Waals surface area contributed by atoms with Gasteiger partial charge in [-0.3, -0.25) is 43.7 Å². The summed E-state index contributed by atoms with van der Waals surface area (Å²) in [6.07, 6.45) is 3.10. The molecule has 0 fully saturated rings. The summed E-state index contributed by atoms with van der Waals surface area (Å²) in [4.78, 5) is 113. The number of H-pyrrole nitrogens is 2. The van der Waals surface area contributed by atoms with E-state index in [1.807, 2.05) is 6.07 Å². The minimum atomic E-state index is -1.54. The highest BCUT2D eigenvalue weighted by Crippen LogP contribution is 2.21. The molecule has 0 saturated carbocycles. The van der Waals surface area contributed by atoms with Crippen LogP contribution in [0.25, 0.3) is 21.8 Å². The normalized spacial score (nSPS) is 13.5. The minimum Gasteiger partial charge on any atom is -0.480 e. The molecule has 0 unspecified atom stereocenters. The van der Waals surface area contributed by atoms with Crippen LogP contribution in [0, 0.1) is 0 Å². The van der Waals surface area contributed by atoms with Gasteiger partial charge < -0.3 is 87.5 Å². The highest BCUT2D eigenvalue weighted by atomic mass is 16.4. The van der Waals surface area contributed by atoms with Crippen LogP contribution in [0.4, 0.5) is 0 Å². The first-order valence-corrected chi connectivity index (χ1v) is 22.9. The molecule has 384 valence electrons. The maximum Gasteiger partial charge on any atom is 0.326 e. The molecule has 0 aliphatic heterocycles. The van der Waals surface area contributed by atoms with E-state index in [0.717, 1.165) is 21.8 Å². The van der Waals surface area contributed by atoms with Gasteiger partial charge in [-0.25, -0.2) is 4.79 Å². The number of para-hydroxylation sites is 2. The average molecular weight is 987 g/mol. The smallest absolute Gasteiger partial charge is 0.326 e. The summed E-state index contributed by atoms with van der Waals surface area (Å²) in [5.74, 6) is -6.84. The van der Waals surface area contributed by atoms with Crippen molar-refractivity contribution in [3.8, 4) is 0 Å². The Balaban J connectivity index is 1.66. The van der Waals surface area contributed by atoms with Crippen LogP contribution in [0.5, 0.6) is 0 Å². The lowest BCUT2D eigenvalue weighted by atomic mass is 10.0. The van der Waals surface area contributed by atoms with E-state index in [1.165, 1.54) is 0 Å². The second-order valence-electron chi connectivity index (χ2n) is 16.7. The first kappa shape index (κ1) is 55.2. The molecule has 2 aromatic heterocycles. The molecule has 6 amide bonds. The zero-order valence-corrected chi connectivity index (χ0v) is 39.2. The number of aromatic nitrogens is 2. The molecule has 4 rings (SSSR count). The van der Waals surface area contributed by atoms with Crippen molar-refractivity contribution < 1.29 is 38.7 Å². The van der Waals surface area contributed by atoms with E-state index < -0.39 is 84.1 Å². The number of rotatable bonds is 30. The quantitative estimate of drug-likeness (QED) is 0.0138. The zero-order chi connectivity index (χ0) is 52.0. The van der Waals surface area contributed by atoms with Gasteiger partial charge in [-0.15, -0.1) is 0 Å². The van der Waals surface area contributed by atoms with E-state index >= 15 is 0 Å². The molecule has 2 aromatic carbocycles. The predicted molar refractivity (Wildman–Crippen MR) is 267 cm³/mol. The second-order valence-corrected chi connectivity index (χ2v) is 16.7. The largest absolute Gasteiger partial charge is 0.480 e. The van der Waals surface area contributed by atoms with Gasteiger partial charge in [0, 0.05) is 73.1 Å². The summed E-state index contributed by atoms with van der Waals surface area (Å²) in [6, 6.07) is 6.24. The number of carbonyl (C=O) groups excluding carboxylic acids is 6. The number of hydrogen-bond donors (Lipinski definition) is 16. The third-order valence-electron chi connectivity index (χ3n) is 11.2. The number of carboxylic acid groups (broad SMARTS) is 1. The number of amides is 6. The van der Waals surface area contributed by atoms with E-state index in [0.29, 0.717) is 17.5 Å². The lowest BCUT2D eigenvalue weighted by molar-refractivity contribution is -0.142. The lowest BCUT2D eigenvalue weighted by Gasteiger charge is -2.27. The van der Waals surface area contributed by atoms with Gasteiger partial charge in [-0.2, -0.15) is 0 Å². The number of guanidine groups is 3. The fourth-order valence-electron chi connectivity index (χ4n) is 7.57. The molecule has 4 aromatic rings. The van der Waals surface area contributed by atoms with Crippen LogP contribution in [-0.2, 0) is 46.4 Å². The Morgan fingerprint density at radius 2 is 0.859 bits per heavy atom. The molecular formula is C45H66N18O8. The van der Waals surface area contributed by atoms with Crippen LogP contribution < -0.4 is 72.5 Å². The molecule has 24 N–H and O–H groups in total. The number of benzene rings is 2. The van der Waals surface area contributed by atoms with Crippen molar-refractivity contribution in [1.82, 2.24) is 36.6 Å². The Hall–Kier alpha value is -8.42. The Morgan fingerprint density at radius 1 is 0.493 bits per heavy atom. The van der Waals surface area contributed by atoms with Crippen molar-refractivity contribution in [2.75, 3.05) is 19.6 Å². The standard InChI is InChI=1S/C45H66N18O8/c46-28(10-5-17-54-43(48)49)37(65)59-31(13-6-18-55-44(50)51)38(66)62-34(20-24-22-57-29-11-3-1-8-26(24)29)40(68)60-32(15-16-36(47)64)39(67)63-35(21-25-23-58-30-12-4-2-9-27(25)30)41(69)61-33(42(70)71)14-7-19-56-45(52)53/h1-4,8-9,11-12,22-23,28,31-35,57-58H,5-7,10,13-21,46H2,(H2,47,64)(H,59,65)(H,60,68)(H,61,69)(H,62,66)(H,63,67)(H,70,71)(H4,48,49,54)(H4,50,51,55)(H4,52,53,56)/t28-,31-,32-,33-,34-,35-/m0/s1. The number of fused-ring (bicyclic) bond motifs is 2. The van der Waals surface area contributed by atoms with Crippen LogP contribution in [0.1, 0.15) is 62.5 Å². The van der Waals surface area contributed by atoms with Crippen molar-refractivity contribution in [2.45, 2.75) is 100 Å². The number of nitrogens with one attached hydrogen (secondary N) is 7. The van der Waals surface area contributed by atoms with Crippen LogP contribution in [0.15, 0.2) is 75.9 Å². The Labute approximate surface area is 408 Å². The van der Waals surface area contributed by atoms with Gasteiger partial charge in [0.05, 0.1) is 6.04 Å². The maximum absolute atomic E-state index is 14.6. The summed E-state index contributed by atoms with van der Waals surface area (Å²) in [5.41, 5.74) is 46.9. The van der Waals surface area contributed by atoms with E-state index in [2.05, 4.69) is 51.5 Å². The minimum absolute atomic E-state index is 0.000966. The fraction of sp³-hybridized carbons (Fsp3) is 0.422. The number of carboxylic acids is 1. The lowest BCUT2D eigenvalue weighted by Crippen LogP contribution is -2.60. The van der Waals surface area contributed by atoms with Gasteiger partial charge in [0.2, 0.25) is 35.4 Å². The monoisotopic (exact) mass is 987 g/mol. The fourth-order valence-corrected chi connectivity index (χ4v) is 7.57. The molecule has 0 radical (unpaired) electrons. The van der Waals surface area contributed by atoms with Crippen LogP contribution >= 0.6 is 0 Å². The van der Waals surface area contributed by atoms with Gasteiger partial charge >= 0.3 is 5.97 Å². The third kappa shape index (κ3) is 18.2. The second kappa shape index (κ2) is 27.5. The number of aromatic amines is 2. The van der Waals surface area contributed by atoms with Crippen molar-refractivity contribution >= 4 is 81.1 Å². The first-order chi connectivity index (χ1) is 33.8. The van der Waals surface area contributed by atoms with E-state index in [1.54, 1.807) is 54.9 Å². The van der Waals surface area contributed by atoms with Crippen molar-refractivity contribution in [3.63, 3.8) is 0 Å². The zero-order valence-electron chi connectivity index (χ0n) is 39.2.